The lowest BCUT2D eigenvalue weighted by molar-refractivity contribution is -0.125. The van der Waals surface area contributed by atoms with Gasteiger partial charge in [0.15, 0.2) is 0 Å². The Morgan fingerprint density at radius 3 is 2.78 bits per heavy atom. The first-order valence-corrected chi connectivity index (χ1v) is 9.15. The Balaban J connectivity index is 1.68. The van der Waals surface area contributed by atoms with Gasteiger partial charge in [-0.2, -0.15) is 0 Å². The number of ether oxygens (including phenoxy) is 1. The van der Waals surface area contributed by atoms with Crippen molar-refractivity contribution in [2.75, 3.05) is 26.3 Å². The minimum atomic E-state index is 0.0332. The molecule has 2 amide bonds. The monoisotopic (exact) mass is 336 g/mol. The van der Waals surface area contributed by atoms with Gasteiger partial charge in [0, 0.05) is 29.9 Å². The highest BCUT2D eigenvalue weighted by Crippen LogP contribution is 2.33. The molecule has 0 bridgehead atoms. The number of fused-ring (bicyclic) bond motifs is 1. The quantitative estimate of drug-likeness (QED) is 0.916. The van der Waals surface area contributed by atoms with Gasteiger partial charge in [0.05, 0.1) is 18.1 Å². The second kappa shape index (κ2) is 7.01. The van der Waals surface area contributed by atoms with Crippen LogP contribution in [0.2, 0.25) is 0 Å². The average Bonchev–Trinajstić information content (AvgIpc) is 2.97. The van der Waals surface area contributed by atoms with E-state index >= 15 is 0 Å². The van der Waals surface area contributed by atoms with Crippen molar-refractivity contribution in [3.8, 4) is 0 Å². The Morgan fingerprint density at radius 2 is 2.09 bits per heavy atom. The van der Waals surface area contributed by atoms with Gasteiger partial charge in [-0.1, -0.05) is 0 Å². The molecule has 0 spiro atoms. The van der Waals surface area contributed by atoms with Crippen LogP contribution in [0.25, 0.3) is 0 Å². The van der Waals surface area contributed by atoms with Crippen molar-refractivity contribution in [1.82, 2.24) is 10.2 Å². The zero-order valence-electron chi connectivity index (χ0n) is 13.8. The molecule has 2 heterocycles. The van der Waals surface area contributed by atoms with Crippen molar-refractivity contribution in [3.05, 3.63) is 21.4 Å². The summed E-state index contributed by atoms with van der Waals surface area (Å²) in [5.74, 6) is 0.277. The van der Waals surface area contributed by atoms with Crippen molar-refractivity contribution in [2.24, 2.45) is 5.92 Å². The normalized spacial score (nSPS) is 21.2. The fraction of sp³-hybridized carbons (Fsp3) is 0.647. The first kappa shape index (κ1) is 16.5. The van der Waals surface area contributed by atoms with Crippen LogP contribution in [-0.2, 0) is 22.4 Å². The molecule has 6 heteroatoms. The zero-order valence-corrected chi connectivity index (χ0v) is 14.6. The van der Waals surface area contributed by atoms with Crippen LogP contribution in [0.1, 0.15) is 40.4 Å². The smallest absolute Gasteiger partial charge is 0.264 e. The van der Waals surface area contributed by atoms with Gasteiger partial charge in [-0.05, 0) is 44.7 Å². The molecule has 1 fully saturated rings. The third-order valence-electron chi connectivity index (χ3n) is 4.39. The van der Waals surface area contributed by atoms with Crippen molar-refractivity contribution >= 4 is 23.2 Å². The van der Waals surface area contributed by atoms with Crippen molar-refractivity contribution in [1.29, 1.82) is 0 Å². The number of hydrogen-bond donors (Lipinski definition) is 1. The van der Waals surface area contributed by atoms with Crippen molar-refractivity contribution < 1.29 is 14.3 Å². The van der Waals surface area contributed by atoms with Crippen LogP contribution >= 0.6 is 11.3 Å². The molecule has 0 radical (unpaired) electrons. The molecule has 1 aromatic heterocycles. The van der Waals surface area contributed by atoms with E-state index in [0.29, 0.717) is 26.3 Å². The van der Waals surface area contributed by atoms with Gasteiger partial charge in [-0.25, -0.2) is 0 Å². The van der Waals surface area contributed by atoms with E-state index in [2.05, 4.69) is 5.32 Å². The minimum absolute atomic E-state index is 0.0332. The second-order valence-corrected chi connectivity index (χ2v) is 7.70. The molecule has 0 aromatic carbocycles. The lowest BCUT2D eigenvalue weighted by atomic mass is 9.87. The topological polar surface area (TPSA) is 58.6 Å². The number of carbonyl (C=O) groups is 2. The van der Waals surface area contributed by atoms with E-state index in [9.17, 15) is 9.59 Å². The molecule has 0 unspecified atom stereocenters. The SMILES string of the molecule is CC(C)NC(=O)[C@@H]1CCc2sc(C(=O)N3CCOCC3)cc2C1. The number of amides is 2. The summed E-state index contributed by atoms with van der Waals surface area (Å²) < 4.78 is 5.30. The predicted molar refractivity (Wildman–Crippen MR) is 89.8 cm³/mol. The third kappa shape index (κ3) is 3.75. The summed E-state index contributed by atoms with van der Waals surface area (Å²) in [6.07, 6.45) is 2.52. The van der Waals surface area contributed by atoms with Crippen molar-refractivity contribution in [2.45, 2.75) is 39.2 Å². The molecule has 126 valence electrons. The van der Waals surface area contributed by atoms with E-state index in [1.54, 1.807) is 11.3 Å². The molecule has 23 heavy (non-hydrogen) atoms. The summed E-state index contributed by atoms with van der Waals surface area (Å²) in [7, 11) is 0. The van der Waals surface area contributed by atoms with Crippen LogP contribution in [0.4, 0.5) is 0 Å². The number of aryl methyl sites for hydroxylation is 1. The largest absolute Gasteiger partial charge is 0.378 e. The van der Waals surface area contributed by atoms with E-state index in [1.165, 1.54) is 10.4 Å². The Hall–Kier alpha value is -1.40. The summed E-state index contributed by atoms with van der Waals surface area (Å²) in [6, 6.07) is 2.18. The lowest BCUT2D eigenvalue weighted by Crippen LogP contribution is -2.40. The standard InChI is InChI=1S/C17H24N2O3S/c1-11(2)18-16(20)12-3-4-14-13(9-12)10-15(23-14)17(21)19-5-7-22-8-6-19/h10-12H,3-9H2,1-2H3,(H,18,20)/t12-/m1/s1. The minimum Gasteiger partial charge on any atom is -0.378 e. The van der Waals surface area contributed by atoms with Crippen LogP contribution in [0.15, 0.2) is 6.07 Å². The van der Waals surface area contributed by atoms with Crippen LogP contribution < -0.4 is 5.32 Å². The lowest BCUT2D eigenvalue weighted by Gasteiger charge is -2.26. The highest BCUT2D eigenvalue weighted by atomic mass is 32.1. The molecule has 0 saturated carbocycles. The zero-order chi connectivity index (χ0) is 16.4. The first-order valence-electron chi connectivity index (χ1n) is 8.33. The summed E-state index contributed by atoms with van der Waals surface area (Å²) in [5, 5.41) is 3.00. The number of carbonyl (C=O) groups excluding carboxylic acids is 2. The number of nitrogens with one attached hydrogen (secondary N) is 1. The summed E-state index contributed by atoms with van der Waals surface area (Å²) in [6.45, 7) is 6.54. The number of rotatable bonds is 3. The number of nitrogens with zero attached hydrogens (tertiary/aromatic N) is 1. The van der Waals surface area contributed by atoms with E-state index < -0.39 is 0 Å². The molecule has 2 aliphatic rings. The Bertz CT molecular complexity index is 591. The molecule has 1 atom stereocenters. The number of hydrogen-bond acceptors (Lipinski definition) is 4. The Morgan fingerprint density at radius 1 is 1.35 bits per heavy atom. The molecule has 1 saturated heterocycles. The summed E-state index contributed by atoms with van der Waals surface area (Å²) in [5.41, 5.74) is 1.18. The van der Waals surface area contributed by atoms with Gasteiger partial charge >= 0.3 is 0 Å². The summed E-state index contributed by atoms with van der Waals surface area (Å²) in [4.78, 5) is 28.7. The average molecular weight is 336 g/mol. The number of morpholine rings is 1. The van der Waals surface area contributed by atoms with Gasteiger partial charge in [0.25, 0.3) is 5.91 Å². The van der Waals surface area contributed by atoms with Gasteiger partial charge in [-0.15, -0.1) is 11.3 Å². The fourth-order valence-corrected chi connectivity index (χ4v) is 4.35. The van der Waals surface area contributed by atoms with E-state index in [0.717, 1.165) is 24.1 Å². The van der Waals surface area contributed by atoms with E-state index in [1.807, 2.05) is 24.8 Å². The molecule has 1 aliphatic carbocycles. The van der Waals surface area contributed by atoms with Crippen molar-refractivity contribution in [3.63, 3.8) is 0 Å². The molecule has 1 aliphatic heterocycles. The molecule has 1 aromatic rings. The first-order chi connectivity index (χ1) is 11.0. The van der Waals surface area contributed by atoms with Gasteiger partial charge < -0.3 is 15.0 Å². The molecule has 3 rings (SSSR count). The van der Waals surface area contributed by atoms with Gasteiger partial charge in [0.2, 0.25) is 5.91 Å². The molecule has 1 N–H and O–H groups in total. The van der Waals surface area contributed by atoms with Crippen LogP contribution in [-0.4, -0.2) is 49.1 Å². The third-order valence-corrected chi connectivity index (χ3v) is 5.62. The number of thiophene rings is 1. The maximum atomic E-state index is 12.6. The van der Waals surface area contributed by atoms with Gasteiger partial charge in [-0.3, -0.25) is 9.59 Å². The highest BCUT2D eigenvalue weighted by Gasteiger charge is 2.29. The second-order valence-electron chi connectivity index (χ2n) is 6.57. The van der Waals surface area contributed by atoms with Crippen LogP contribution in [0.3, 0.4) is 0 Å². The highest BCUT2D eigenvalue weighted by molar-refractivity contribution is 7.14. The predicted octanol–water partition coefficient (Wildman–Crippen LogP) is 1.85. The van der Waals surface area contributed by atoms with Crippen LogP contribution in [0.5, 0.6) is 0 Å². The van der Waals surface area contributed by atoms with Crippen LogP contribution in [0, 0.1) is 5.92 Å². The molecular formula is C17H24N2O3S. The Labute approximate surface area is 141 Å². The fourth-order valence-electron chi connectivity index (χ4n) is 3.18. The Kier molecular flexibility index (Phi) is 5.02. The summed E-state index contributed by atoms with van der Waals surface area (Å²) >= 11 is 1.60. The van der Waals surface area contributed by atoms with E-state index in [-0.39, 0.29) is 23.8 Å². The maximum absolute atomic E-state index is 12.6. The van der Waals surface area contributed by atoms with E-state index in [4.69, 9.17) is 4.74 Å². The molecular weight excluding hydrogens is 312 g/mol. The molecule has 5 nitrogen and oxygen atoms in total. The van der Waals surface area contributed by atoms with Gasteiger partial charge in [0.1, 0.15) is 0 Å². The maximum Gasteiger partial charge on any atom is 0.264 e.